The van der Waals surface area contributed by atoms with Crippen LogP contribution >= 0.6 is 0 Å². The Kier molecular flexibility index (Phi) is 5.42. The standard InChI is InChI=1S/C25H25N3O5/c1-17-14-19(18(2)28(17)20-6-7-21-23(15-20)33-16-32-21)5-8-24(29)26-9-11-27(12-10-26)25(30)22-4-3-13-31-22/h3-8,13-15H,9-12,16H2,1-2H3. The van der Waals surface area contributed by atoms with Gasteiger partial charge in [-0.15, -0.1) is 0 Å². The molecule has 5 rings (SSSR count). The number of carbonyl (C=O) groups excluding carboxylic acids is 2. The quantitative estimate of drug-likeness (QED) is 0.573. The Balaban J connectivity index is 1.25. The van der Waals surface area contributed by atoms with E-state index >= 15 is 0 Å². The van der Waals surface area contributed by atoms with Crippen molar-refractivity contribution in [3.63, 3.8) is 0 Å². The zero-order chi connectivity index (χ0) is 22.9. The third-order valence-corrected chi connectivity index (χ3v) is 6.10. The van der Waals surface area contributed by atoms with Gasteiger partial charge in [-0.2, -0.15) is 0 Å². The molecule has 3 aromatic rings. The van der Waals surface area contributed by atoms with Gasteiger partial charge in [-0.25, -0.2) is 0 Å². The number of ether oxygens (including phenoxy) is 2. The Hall–Kier alpha value is -3.94. The van der Waals surface area contributed by atoms with Gasteiger partial charge in [0.2, 0.25) is 12.7 Å². The maximum absolute atomic E-state index is 12.8. The van der Waals surface area contributed by atoms with Crippen molar-refractivity contribution in [1.82, 2.24) is 14.4 Å². The lowest BCUT2D eigenvalue weighted by atomic mass is 10.2. The average Bonchev–Trinajstić information content (AvgIpc) is 3.57. The molecule has 1 fully saturated rings. The predicted octanol–water partition coefficient (Wildman–Crippen LogP) is 3.41. The summed E-state index contributed by atoms with van der Waals surface area (Å²) in [4.78, 5) is 28.6. The normalized spacial score (nSPS) is 15.5. The van der Waals surface area contributed by atoms with Gasteiger partial charge in [0, 0.05) is 55.4 Å². The number of fused-ring (bicyclic) bond motifs is 1. The lowest BCUT2D eigenvalue weighted by molar-refractivity contribution is -0.127. The number of rotatable bonds is 4. The first-order valence-electron chi connectivity index (χ1n) is 10.9. The van der Waals surface area contributed by atoms with Crippen LogP contribution in [0.5, 0.6) is 11.5 Å². The number of benzene rings is 1. The Morgan fingerprint density at radius 2 is 1.70 bits per heavy atom. The number of piperazine rings is 1. The average molecular weight is 447 g/mol. The Morgan fingerprint density at radius 3 is 2.45 bits per heavy atom. The summed E-state index contributed by atoms with van der Waals surface area (Å²) in [5.74, 6) is 1.61. The summed E-state index contributed by atoms with van der Waals surface area (Å²) in [6.45, 7) is 6.25. The van der Waals surface area contributed by atoms with Gasteiger partial charge in [-0.1, -0.05) is 0 Å². The molecule has 2 aromatic heterocycles. The maximum Gasteiger partial charge on any atom is 0.289 e. The van der Waals surface area contributed by atoms with E-state index < -0.39 is 0 Å². The summed E-state index contributed by atoms with van der Waals surface area (Å²) in [5, 5.41) is 0. The van der Waals surface area contributed by atoms with Crippen molar-refractivity contribution in [3.8, 4) is 17.2 Å². The molecule has 2 amide bonds. The second kappa shape index (κ2) is 8.54. The van der Waals surface area contributed by atoms with E-state index in [-0.39, 0.29) is 18.6 Å². The third-order valence-electron chi connectivity index (χ3n) is 6.10. The first kappa shape index (κ1) is 20.9. The minimum Gasteiger partial charge on any atom is -0.459 e. The van der Waals surface area contributed by atoms with Crippen LogP contribution in [0.3, 0.4) is 0 Å². The van der Waals surface area contributed by atoms with Gasteiger partial charge in [-0.05, 0) is 55.8 Å². The highest BCUT2D eigenvalue weighted by molar-refractivity contribution is 5.93. The van der Waals surface area contributed by atoms with Crippen LogP contribution in [0.25, 0.3) is 11.8 Å². The number of aryl methyl sites for hydroxylation is 1. The van der Waals surface area contributed by atoms with Gasteiger partial charge in [0.1, 0.15) is 0 Å². The first-order chi connectivity index (χ1) is 16.0. The smallest absolute Gasteiger partial charge is 0.289 e. The van der Waals surface area contributed by atoms with Gasteiger partial charge in [-0.3, -0.25) is 9.59 Å². The summed E-state index contributed by atoms with van der Waals surface area (Å²) >= 11 is 0. The lowest BCUT2D eigenvalue weighted by Crippen LogP contribution is -2.50. The van der Waals surface area contributed by atoms with Gasteiger partial charge < -0.3 is 28.3 Å². The minimum absolute atomic E-state index is 0.0621. The zero-order valence-electron chi connectivity index (χ0n) is 18.6. The highest BCUT2D eigenvalue weighted by Crippen LogP contribution is 2.35. The summed E-state index contributed by atoms with van der Waals surface area (Å²) in [6.07, 6.45) is 4.95. The number of nitrogens with zero attached hydrogens (tertiary/aromatic N) is 3. The monoisotopic (exact) mass is 447 g/mol. The van der Waals surface area contributed by atoms with Crippen LogP contribution in [0.4, 0.5) is 0 Å². The fraction of sp³-hybridized carbons (Fsp3) is 0.280. The van der Waals surface area contributed by atoms with Crippen molar-refractivity contribution in [1.29, 1.82) is 0 Å². The first-order valence-corrected chi connectivity index (χ1v) is 10.9. The Labute approximate surface area is 191 Å². The topological polar surface area (TPSA) is 77.2 Å². The molecule has 0 unspecified atom stereocenters. The molecule has 1 aromatic carbocycles. The molecule has 8 heteroatoms. The molecule has 0 saturated carbocycles. The molecular formula is C25H25N3O5. The van der Waals surface area contributed by atoms with Crippen molar-refractivity contribution >= 4 is 17.9 Å². The maximum atomic E-state index is 12.8. The molecule has 0 atom stereocenters. The van der Waals surface area contributed by atoms with E-state index in [0.717, 1.165) is 34.1 Å². The van der Waals surface area contributed by atoms with Gasteiger partial charge in [0.05, 0.1) is 6.26 Å². The zero-order valence-corrected chi connectivity index (χ0v) is 18.6. The van der Waals surface area contributed by atoms with Crippen molar-refractivity contribution in [3.05, 3.63) is 71.4 Å². The molecule has 1 saturated heterocycles. The van der Waals surface area contributed by atoms with E-state index in [0.29, 0.717) is 31.9 Å². The largest absolute Gasteiger partial charge is 0.459 e. The number of hydrogen-bond acceptors (Lipinski definition) is 5. The SMILES string of the molecule is Cc1cc(C=CC(=O)N2CCN(C(=O)c3ccco3)CC2)c(C)n1-c1ccc2c(c1)OCO2. The van der Waals surface area contributed by atoms with Crippen molar-refractivity contribution < 1.29 is 23.5 Å². The highest BCUT2D eigenvalue weighted by Gasteiger charge is 2.25. The van der Waals surface area contributed by atoms with E-state index in [1.165, 1.54) is 6.26 Å². The Bertz CT molecular complexity index is 1220. The molecule has 0 radical (unpaired) electrons. The van der Waals surface area contributed by atoms with Crippen LogP contribution in [-0.2, 0) is 4.79 Å². The molecule has 2 aliphatic heterocycles. The van der Waals surface area contributed by atoms with E-state index in [4.69, 9.17) is 13.9 Å². The van der Waals surface area contributed by atoms with E-state index in [2.05, 4.69) is 10.6 Å². The second-order valence-corrected chi connectivity index (χ2v) is 8.13. The summed E-state index contributed by atoms with van der Waals surface area (Å²) in [5.41, 5.74) is 4.05. The molecule has 0 bridgehead atoms. The van der Waals surface area contributed by atoms with E-state index in [1.54, 1.807) is 28.0 Å². The van der Waals surface area contributed by atoms with Gasteiger partial charge in [0.25, 0.3) is 5.91 Å². The lowest BCUT2D eigenvalue weighted by Gasteiger charge is -2.33. The van der Waals surface area contributed by atoms with Crippen LogP contribution in [0.1, 0.15) is 27.5 Å². The number of amides is 2. The number of carbonyl (C=O) groups is 2. The van der Waals surface area contributed by atoms with Crippen molar-refractivity contribution in [2.45, 2.75) is 13.8 Å². The molecule has 8 nitrogen and oxygen atoms in total. The van der Waals surface area contributed by atoms with Crippen molar-refractivity contribution in [2.24, 2.45) is 0 Å². The summed E-state index contributed by atoms with van der Waals surface area (Å²) in [7, 11) is 0. The predicted molar refractivity (Wildman–Crippen MR) is 122 cm³/mol. The summed E-state index contributed by atoms with van der Waals surface area (Å²) < 4.78 is 18.2. The van der Waals surface area contributed by atoms with Crippen LogP contribution in [0, 0.1) is 13.8 Å². The molecule has 4 heterocycles. The summed E-state index contributed by atoms with van der Waals surface area (Å²) in [6, 6.07) is 11.3. The van der Waals surface area contributed by atoms with Crippen LogP contribution in [0.15, 0.2) is 53.2 Å². The van der Waals surface area contributed by atoms with Gasteiger partial charge in [0.15, 0.2) is 17.3 Å². The Morgan fingerprint density at radius 1 is 0.939 bits per heavy atom. The molecule has 170 valence electrons. The number of aromatic nitrogens is 1. The highest BCUT2D eigenvalue weighted by atomic mass is 16.7. The van der Waals surface area contributed by atoms with Crippen LogP contribution in [-0.4, -0.2) is 59.2 Å². The molecule has 0 N–H and O–H groups in total. The fourth-order valence-electron chi connectivity index (χ4n) is 4.33. The fourth-order valence-corrected chi connectivity index (χ4v) is 4.33. The van der Waals surface area contributed by atoms with E-state index in [9.17, 15) is 9.59 Å². The molecule has 2 aliphatic rings. The minimum atomic E-state index is -0.140. The van der Waals surface area contributed by atoms with E-state index in [1.807, 2.05) is 38.1 Å². The van der Waals surface area contributed by atoms with Gasteiger partial charge >= 0.3 is 0 Å². The molecule has 0 spiro atoms. The van der Waals surface area contributed by atoms with Crippen LogP contribution in [0.2, 0.25) is 0 Å². The van der Waals surface area contributed by atoms with Crippen LogP contribution < -0.4 is 9.47 Å². The molecule has 0 aliphatic carbocycles. The molecule has 33 heavy (non-hydrogen) atoms. The number of hydrogen-bond donors (Lipinski definition) is 0. The second-order valence-electron chi connectivity index (χ2n) is 8.13. The molecular weight excluding hydrogens is 422 g/mol. The number of furan rings is 1. The van der Waals surface area contributed by atoms with Crippen molar-refractivity contribution in [2.75, 3.05) is 33.0 Å². The third kappa shape index (κ3) is 4.00.